The largest absolute Gasteiger partial charge is 0.477 e. The van der Waals surface area contributed by atoms with E-state index in [1.54, 1.807) is 64.6 Å². The number of anilines is 1. The van der Waals surface area contributed by atoms with E-state index < -0.39 is 24.8 Å². The molecule has 13 heteroatoms. The van der Waals surface area contributed by atoms with Gasteiger partial charge >= 0.3 is 7.82 Å². The van der Waals surface area contributed by atoms with E-state index in [0.717, 1.165) is 29.7 Å². The van der Waals surface area contributed by atoms with Gasteiger partial charge in [-0.05, 0) is 83.0 Å². The highest BCUT2D eigenvalue weighted by Crippen LogP contribution is 2.55. The van der Waals surface area contributed by atoms with E-state index in [-0.39, 0.29) is 23.9 Å². The Balaban J connectivity index is 1.52. The lowest BCUT2D eigenvalue weighted by Crippen LogP contribution is -2.36. The highest BCUT2D eigenvalue weighted by Gasteiger charge is 2.37. The molecule has 1 aliphatic heterocycles. The van der Waals surface area contributed by atoms with Crippen LogP contribution in [0.5, 0.6) is 0 Å². The van der Waals surface area contributed by atoms with E-state index in [9.17, 15) is 13.8 Å². The molecule has 0 spiro atoms. The summed E-state index contributed by atoms with van der Waals surface area (Å²) in [6.45, 7) is 13.3. The minimum absolute atomic E-state index is 0.158. The van der Waals surface area contributed by atoms with Gasteiger partial charge in [-0.1, -0.05) is 11.6 Å². The number of hydrogen-bond donors (Lipinski definition) is 0. The number of nitrogens with zero attached hydrogens (tertiary/aromatic N) is 4. The number of phosphoric ester groups is 1. The van der Waals surface area contributed by atoms with Crippen molar-refractivity contribution >= 4 is 36.1 Å². The first-order valence-corrected chi connectivity index (χ1v) is 16.5. The smallest absolute Gasteiger partial charge is 0.378 e. The van der Waals surface area contributed by atoms with Gasteiger partial charge in [-0.2, -0.15) is 0 Å². The zero-order valence-electron chi connectivity index (χ0n) is 26.4. The molecule has 3 aromatic heterocycles. The molecule has 0 N–H and O–H groups in total. The molecule has 1 saturated heterocycles. The molecule has 0 unspecified atom stereocenters. The standard InChI is InChI=1S/C32H39ClFN4O6P/c1-31(2,3)43-45(40,44-32(4,5)6)42-21-38-20-28(27-17-26(18-35-30(27)38)36-9-11-41-12-10-36)23-7-8-37(29(39)15-23)19-22-13-24(33)16-25(34)14-22/h7-8,13-18,20H,9-12,19,21H2,1-6H3. The van der Waals surface area contributed by atoms with E-state index in [1.807, 2.05) is 18.3 Å². The van der Waals surface area contributed by atoms with Crippen LogP contribution in [0.4, 0.5) is 10.1 Å². The van der Waals surface area contributed by atoms with Crippen LogP contribution in [0.1, 0.15) is 47.1 Å². The Morgan fingerprint density at radius 1 is 1.00 bits per heavy atom. The van der Waals surface area contributed by atoms with Gasteiger partial charge in [0, 0.05) is 47.5 Å². The van der Waals surface area contributed by atoms with E-state index in [4.69, 9.17) is 34.9 Å². The van der Waals surface area contributed by atoms with Crippen LogP contribution in [0.25, 0.3) is 22.2 Å². The Morgan fingerprint density at radius 2 is 1.69 bits per heavy atom. The number of rotatable bonds is 9. The Bertz CT molecular complexity index is 1750. The zero-order valence-corrected chi connectivity index (χ0v) is 28.0. The number of fused-ring (bicyclic) bond motifs is 1. The summed E-state index contributed by atoms with van der Waals surface area (Å²) in [6.07, 6.45) is 5.26. The lowest BCUT2D eigenvalue weighted by atomic mass is 10.1. The maximum atomic E-state index is 13.9. The van der Waals surface area contributed by atoms with Crippen LogP contribution < -0.4 is 10.5 Å². The number of halogens is 2. The van der Waals surface area contributed by atoms with Gasteiger partial charge in [0.05, 0.1) is 42.8 Å². The number of ether oxygens (including phenoxy) is 1. The topological polar surface area (TPSA) is 97.1 Å². The van der Waals surface area contributed by atoms with Crippen molar-refractivity contribution < 1.29 is 27.3 Å². The van der Waals surface area contributed by atoms with Gasteiger partial charge in [0.15, 0.2) is 0 Å². The average Bonchev–Trinajstić information content (AvgIpc) is 3.29. The molecule has 242 valence electrons. The molecule has 45 heavy (non-hydrogen) atoms. The fraction of sp³-hybridized carbons (Fsp3) is 0.438. The van der Waals surface area contributed by atoms with Crippen molar-refractivity contribution in [1.29, 1.82) is 0 Å². The van der Waals surface area contributed by atoms with Crippen LogP contribution in [0.15, 0.2) is 59.8 Å². The molecule has 5 rings (SSSR count). The monoisotopic (exact) mass is 660 g/mol. The molecule has 10 nitrogen and oxygen atoms in total. The Hall–Kier alpha value is -3.05. The third kappa shape index (κ3) is 8.61. The third-order valence-corrected chi connectivity index (χ3v) is 8.98. The summed E-state index contributed by atoms with van der Waals surface area (Å²) in [6, 6.07) is 9.57. The molecule has 0 saturated carbocycles. The van der Waals surface area contributed by atoms with Crippen LogP contribution in [-0.4, -0.2) is 51.6 Å². The normalized spacial score (nSPS) is 14.8. The fourth-order valence-corrected chi connectivity index (χ4v) is 7.06. The Labute approximate surface area is 267 Å². The van der Waals surface area contributed by atoms with Gasteiger partial charge in [0.2, 0.25) is 0 Å². The molecule has 1 fully saturated rings. The Morgan fingerprint density at radius 3 is 2.31 bits per heavy atom. The van der Waals surface area contributed by atoms with Crippen molar-refractivity contribution in [2.24, 2.45) is 0 Å². The molecular formula is C32H39ClFN4O6P. The van der Waals surface area contributed by atoms with Gasteiger partial charge in [0.1, 0.15) is 18.2 Å². The number of pyridine rings is 2. The number of morpholine rings is 1. The molecule has 1 aliphatic rings. The van der Waals surface area contributed by atoms with Gasteiger partial charge in [-0.25, -0.2) is 13.9 Å². The molecule has 0 bridgehead atoms. The second-order valence-electron chi connectivity index (χ2n) is 12.9. The number of aromatic nitrogens is 3. The van der Waals surface area contributed by atoms with Crippen LogP contribution >= 0.6 is 19.4 Å². The summed E-state index contributed by atoms with van der Waals surface area (Å²) >= 11 is 6.02. The summed E-state index contributed by atoms with van der Waals surface area (Å²) in [5.41, 5.74) is 1.58. The van der Waals surface area contributed by atoms with Crippen molar-refractivity contribution in [3.63, 3.8) is 0 Å². The van der Waals surface area contributed by atoms with Crippen LogP contribution in [-0.2, 0) is 36.1 Å². The van der Waals surface area contributed by atoms with Crippen molar-refractivity contribution in [2.45, 2.75) is 66.0 Å². The quantitative estimate of drug-likeness (QED) is 0.173. The minimum Gasteiger partial charge on any atom is -0.378 e. The summed E-state index contributed by atoms with van der Waals surface area (Å²) in [5.74, 6) is -0.467. The summed E-state index contributed by atoms with van der Waals surface area (Å²) in [7, 11) is -4.02. The maximum Gasteiger partial charge on any atom is 0.477 e. The molecule has 0 amide bonds. The molecule has 0 aliphatic carbocycles. The predicted octanol–water partition coefficient (Wildman–Crippen LogP) is 7.25. The predicted molar refractivity (Wildman–Crippen MR) is 173 cm³/mol. The minimum atomic E-state index is -4.02. The molecular weight excluding hydrogens is 622 g/mol. The van der Waals surface area contributed by atoms with E-state index in [2.05, 4.69) is 4.90 Å². The van der Waals surface area contributed by atoms with Crippen molar-refractivity contribution in [3.05, 3.63) is 81.7 Å². The second-order valence-corrected chi connectivity index (χ2v) is 14.9. The van der Waals surface area contributed by atoms with Gasteiger partial charge in [-0.3, -0.25) is 18.4 Å². The van der Waals surface area contributed by atoms with Crippen LogP contribution in [0.2, 0.25) is 5.02 Å². The van der Waals surface area contributed by atoms with Crippen LogP contribution in [0.3, 0.4) is 0 Å². The highest BCUT2D eigenvalue weighted by molar-refractivity contribution is 7.48. The zero-order chi connectivity index (χ0) is 32.6. The van der Waals surface area contributed by atoms with Gasteiger partial charge in [-0.15, -0.1) is 0 Å². The van der Waals surface area contributed by atoms with Crippen molar-refractivity contribution in [2.75, 3.05) is 31.2 Å². The first kappa shape index (κ1) is 33.3. The van der Waals surface area contributed by atoms with E-state index >= 15 is 0 Å². The number of phosphoric acid groups is 1. The second kappa shape index (κ2) is 13.0. The molecule has 4 heterocycles. The van der Waals surface area contributed by atoms with Gasteiger partial charge in [0.25, 0.3) is 5.56 Å². The molecule has 1 aromatic carbocycles. The van der Waals surface area contributed by atoms with Gasteiger partial charge < -0.3 is 18.8 Å². The summed E-state index contributed by atoms with van der Waals surface area (Å²) in [5, 5.41) is 1.04. The fourth-order valence-electron chi connectivity index (χ4n) is 5.06. The van der Waals surface area contributed by atoms with E-state index in [1.165, 1.54) is 22.8 Å². The molecule has 4 aromatic rings. The first-order valence-electron chi connectivity index (χ1n) is 14.7. The molecule has 0 radical (unpaired) electrons. The molecule has 0 atom stereocenters. The first-order chi connectivity index (χ1) is 21.1. The van der Waals surface area contributed by atoms with Crippen molar-refractivity contribution in [1.82, 2.24) is 14.1 Å². The highest BCUT2D eigenvalue weighted by atomic mass is 35.5. The van der Waals surface area contributed by atoms with Crippen molar-refractivity contribution in [3.8, 4) is 11.1 Å². The average molecular weight is 661 g/mol. The lowest BCUT2D eigenvalue weighted by Gasteiger charge is -2.31. The maximum absolute atomic E-state index is 13.9. The Kier molecular flexibility index (Phi) is 9.61. The number of hydrogen-bond acceptors (Lipinski definition) is 8. The van der Waals surface area contributed by atoms with E-state index in [0.29, 0.717) is 30.0 Å². The lowest BCUT2D eigenvalue weighted by molar-refractivity contribution is -0.00567. The number of benzene rings is 1. The summed E-state index contributed by atoms with van der Waals surface area (Å²) < 4.78 is 53.9. The summed E-state index contributed by atoms with van der Waals surface area (Å²) in [4.78, 5) is 20.2. The SMILES string of the molecule is CC(C)(C)OP(=O)(OCn1cc(-c2ccn(Cc3cc(F)cc(Cl)c3)c(=O)c2)c2cc(N3CCOCC3)cnc21)OC(C)(C)C. The van der Waals surface area contributed by atoms with Crippen LogP contribution in [0, 0.1) is 5.82 Å². The third-order valence-electron chi connectivity index (χ3n) is 6.78.